The maximum absolute atomic E-state index is 2.50. The van der Waals surface area contributed by atoms with Crippen molar-refractivity contribution in [2.24, 2.45) is 5.41 Å². The van der Waals surface area contributed by atoms with Gasteiger partial charge in [-0.3, -0.25) is 0 Å². The van der Waals surface area contributed by atoms with Crippen LogP contribution >= 0.6 is 0 Å². The van der Waals surface area contributed by atoms with Crippen LogP contribution in [0.25, 0.3) is 0 Å². The molecule has 0 saturated heterocycles. The summed E-state index contributed by atoms with van der Waals surface area (Å²) in [4.78, 5) is 0. The van der Waals surface area contributed by atoms with Crippen LogP contribution in [-0.2, 0) is 0 Å². The second-order valence-electron chi connectivity index (χ2n) is 7.82. The molecule has 0 aromatic rings. The Morgan fingerprint density at radius 2 is 1.11 bits per heavy atom. The second kappa shape index (κ2) is 7.01. The monoisotopic (exact) mass is 358 g/mol. The molecule has 0 N–H and O–H groups in total. The van der Waals surface area contributed by atoms with E-state index in [0.717, 1.165) is 0 Å². The van der Waals surface area contributed by atoms with E-state index in [1.54, 1.807) is 55.7 Å². The summed E-state index contributed by atoms with van der Waals surface area (Å²) in [5.74, 6) is 0. The van der Waals surface area contributed by atoms with E-state index in [1.807, 2.05) is 0 Å². The average Bonchev–Trinajstić information content (AvgIpc) is 2.37. The Labute approximate surface area is 122 Å². The molecule has 0 radical (unpaired) electrons. The minimum atomic E-state index is -1.02. The number of hydrogen-bond acceptors (Lipinski definition) is 0. The van der Waals surface area contributed by atoms with Crippen LogP contribution in [0.4, 0.5) is 0 Å². The fraction of sp³-hybridized carbons (Fsp3) is 1.00. The maximum atomic E-state index is 2.50. The van der Waals surface area contributed by atoms with E-state index < -0.39 is 20.2 Å². The van der Waals surface area contributed by atoms with Gasteiger partial charge in [-0.2, -0.15) is 0 Å². The van der Waals surface area contributed by atoms with Gasteiger partial charge in [0, 0.05) is 0 Å². The van der Waals surface area contributed by atoms with Gasteiger partial charge in [0.1, 0.15) is 0 Å². The van der Waals surface area contributed by atoms with E-state index in [-0.39, 0.29) is 0 Å². The molecule has 0 heterocycles. The molecule has 18 heavy (non-hydrogen) atoms. The zero-order chi connectivity index (χ0) is 13.0. The Bertz CT molecular complexity index is 210. The molecule has 2 fully saturated rings. The summed E-state index contributed by atoms with van der Waals surface area (Å²) in [6.07, 6.45) is 15.8. The molecule has 0 aliphatic heterocycles. The van der Waals surface area contributed by atoms with Crippen LogP contribution in [-0.4, -0.2) is 20.2 Å². The molecule has 0 atom stereocenters. The molecule has 2 saturated carbocycles. The molecule has 0 nitrogen and oxygen atoms in total. The number of hydrogen-bond donors (Lipinski definition) is 0. The van der Waals surface area contributed by atoms with Crippen molar-refractivity contribution in [1.29, 1.82) is 0 Å². The second-order valence-corrected chi connectivity index (χ2v) is 15.8. The fourth-order valence-electron chi connectivity index (χ4n) is 3.93. The average molecular weight is 359 g/mol. The quantitative estimate of drug-likeness (QED) is 0.527. The molecule has 0 aromatic carbocycles. The van der Waals surface area contributed by atoms with E-state index in [9.17, 15) is 0 Å². The molecule has 0 amide bonds. The fourth-order valence-corrected chi connectivity index (χ4v) is 16.1. The first-order valence-electron chi connectivity index (χ1n) is 8.32. The summed E-state index contributed by atoms with van der Waals surface area (Å²) in [6, 6.07) is 0. The van der Waals surface area contributed by atoms with Gasteiger partial charge in [-0.05, 0) is 0 Å². The van der Waals surface area contributed by atoms with Crippen LogP contribution in [0.2, 0.25) is 12.1 Å². The standard InChI is InChI=1S/2C6H11.C5H11.Sb/c2*1-2-4-6-5-3-1;1-5(2,3)4;/h2*1H,2-6H2;1H2,2-4H3;. The van der Waals surface area contributed by atoms with Crippen molar-refractivity contribution in [2.75, 3.05) is 0 Å². The van der Waals surface area contributed by atoms with Crippen LogP contribution in [0.3, 0.4) is 0 Å². The first kappa shape index (κ1) is 15.2. The summed E-state index contributed by atoms with van der Waals surface area (Å²) in [5.41, 5.74) is 0.609. The van der Waals surface area contributed by atoms with Crippen molar-refractivity contribution < 1.29 is 0 Å². The molecular weight excluding hydrogens is 326 g/mol. The Morgan fingerprint density at radius 3 is 1.44 bits per heavy atom. The van der Waals surface area contributed by atoms with Gasteiger partial charge in [0.25, 0.3) is 0 Å². The van der Waals surface area contributed by atoms with Gasteiger partial charge in [0.15, 0.2) is 0 Å². The van der Waals surface area contributed by atoms with Gasteiger partial charge in [0.05, 0.1) is 0 Å². The van der Waals surface area contributed by atoms with E-state index in [2.05, 4.69) is 20.8 Å². The normalized spacial score (nSPS) is 24.7. The van der Waals surface area contributed by atoms with Gasteiger partial charge in [-0.15, -0.1) is 0 Å². The summed E-state index contributed by atoms with van der Waals surface area (Å²) in [5, 5.41) is 0. The van der Waals surface area contributed by atoms with Gasteiger partial charge in [-0.25, -0.2) is 0 Å². The minimum absolute atomic E-state index is 0.609. The van der Waals surface area contributed by atoms with Gasteiger partial charge in [0.2, 0.25) is 0 Å². The van der Waals surface area contributed by atoms with Crippen molar-refractivity contribution >= 4 is 20.2 Å². The van der Waals surface area contributed by atoms with Crippen molar-refractivity contribution in [2.45, 2.75) is 97.1 Å². The Balaban J connectivity index is 2.00. The molecule has 0 bridgehead atoms. The molecule has 0 spiro atoms. The summed E-state index contributed by atoms with van der Waals surface area (Å²) in [6.45, 7) is 7.49. The summed E-state index contributed by atoms with van der Waals surface area (Å²) >= 11 is -1.02. The third-order valence-electron chi connectivity index (χ3n) is 4.74. The van der Waals surface area contributed by atoms with Crippen LogP contribution in [0.15, 0.2) is 0 Å². The van der Waals surface area contributed by atoms with Gasteiger partial charge >= 0.3 is 123 Å². The van der Waals surface area contributed by atoms with Crippen molar-refractivity contribution in [3.05, 3.63) is 0 Å². The third-order valence-corrected chi connectivity index (χ3v) is 16.8. The van der Waals surface area contributed by atoms with E-state index >= 15 is 0 Å². The third kappa shape index (κ3) is 4.73. The molecule has 2 aliphatic carbocycles. The summed E-state index contributed by atoms with van der Waals surface area (Å²) in [7, 11) is 0. The number of rotatable bonds is 3. The van der Waals surface area contributed by atoms with Crippen LogP contribution < -0.4 is 0 Å². The Morgan fingerprint density at radius 1 is 0.722 bits per heavy atom. The molecule has 0 aromatic heterocycles. The first-order valence-corrected chi connectivity index (χ1v) is 13.1. The van der Waals surface area contributed by atoms with Gasteiger partial charge < -0.3 is 0 Å². The van der Waals surface area contributed by atoms with Crippen molar-refractivity contribution in [3.63, 3.8) is 0 Å². The Kier molecular flexibility index (Phi) is 5.92. The SMILES string of the molecule is CC(C)(C)[CH2][Sb]([CH]1CCCCC1)[CH]1CCCCC1. The van der Waals surface area contributed by atoms with E-state index in [4.69, 9.17) is 0 Å². The first-order chi connectivity index (χ1) is 8.56. The van der Waals surface area contributed by atoms with E-state index in [1.165, 1.54) is 20.6 Å². The molecular formula is C17H33Sb. The van der Waals surface area contributed by atoms with Gasteiger partial charge in [-0.1, -0.05) is 0 Å². The van der Waals surface area contributed by atoms with Crippen molar-refractivity contribution in [1.82, 2.24) is 0 Å². The molecule has 106 valence electrons. The Hall–Kier alpha value is 0.818. The zero-order valence-electron chi connectivity index (χ0n) is 12.9. The topological polar surface area (TPSA) is 0 Å². The van der Waals surface area contributed by atoms with Crippen LogP contribution in [0, 0.1) is 5.41 Å². The van der Waals surface area contributed by atoms with Crippen LogP contribution in [0.1, 0.15) is 85.0 Å². The zero-order valence-corrected chi connectivity index (χ0v) is 15.4. The molecule has 2 aliphatic rings. The molecule has 2 rings (SSSR count). The predicted molar refractivity (Wildman–Crippen MR) is 83.7 cm³/mol. The molecule has 1 heteroatoms. The summed E-state index contributed by atoms with van der Waals surface area (Å²) < 4.78 is 4.17. The van der Waals surface area contributed by atoms with Crippen molar-refractivity contribution in [3.8, 4) is 0 Å². The van der Waals surface area contributed by atoms with E-state index in [0.29, 0.717) is 5.41 Å². The predicted octanol–water partition coefficient (Wildman–Crippen LogP) is 6.20. The van der Waals surface area contributed by atoms with Crippen LogP contribution in [0.5, 0.6) is 0 Å². The molecule has 0 unspecified atom stereocenters.